The van der Waals surface area contributed by atoms with Gasteiger partial charge in [-0.05, 0) is 70.5 Å². The predicted octanol–water partition coefficient (Wildman–Crippen LogP) is 7.55. The van der Waals surface area contributed by atoms with E-state index >= 15 is 0 Å². The number of hydrogen-bond donors (Lipinski definition) is 0. The first-order valence-corrected chi connectivity index (χ1v) is 11.0. The number of ether oxygens (including phenoxy) is 1. The van der Waals surface area contributed by atoms with Crippen LogP contribution in [-0.2, 0) is 10.8 Å². The van der Waals surface area contributed by atoms with E-state index in [9.17, 15) is 4.79 Å². The van der Waals surface area contributed by atoms with Crippen molar-refractivity contribution in [3.05, 3.63) is 64.7 Å². The molecule has 0 atom stereocenters. The summed E-state index contributed by atoms with van der Waals surface area (Å²) in [5.41, 5.74) is 4.25. The van der Waals surface area contributed by atoms with Gasteiger partial charge >= 0.3 is 5.97 Å². The van der Waals surface area contributed by atoms with Crippen molar-refractivity contribution >= 4 is 5.97 Å². The minimum Gasteiger partial charge on any atom is -0.423 e. The lowest BCUT2D eigenvalue weighted by atomic mass is 9.79. The lowest BCUT2D eigenvalue weighted by Crippen LogP contribution is -2.19. The zero-order valence-electron chi connectivity index (χ0n) is 19.0. The Morgan fingerprint density at radius 3 is 1.79 bits per heavy atom. The molecule has 0 aromatic heterocycles. The molecule has 1 aliphatic rings. The van der Waals surface area contributed by atoms with Gasteiger partial charge in [0.15, 0.2) is 0 Å². The van der Waals surface area contributed by atoms with Crippen molar-refractivity contribution in [2.75, 3.05) is 0 Å². The summed E-state index contributed by atoms with van der Waals surface area (Å²) in [5.74, 6) is 0.992. The molecule has 0 aliphatic heterocycles. The molecule has 0 saturated heterocycles. The molecule has 29 heavy (non-hydrogen) atoms. The third-order valence-electron chi connectivity index (χ3n) is 6.07. The van der Waals surface area contributed by atoms with Crippen molar-refractivity contribution in [1.29, 1.82) is 0 Å². The summed E-state index contributed by atoms with van der Waals surface area (Å²) in [5, 5.41) is 0. The fourth-order valence-corrected chi connectivity index (χ4v) is 4.02. The quantitative estimate of drug-likeness (QED) is 0.398. The molecule has 2 heteroatoms. The summed E-state index contributed by atoms with van der Waals surface area (Å²) in [6, 6.07) is 14.3. The average Bonchev–Trinajstić information content (AvgIpc) is 2.67. The number of carbonyl (C=O) groups is 1. The minimum absolute atomic E-state index is 0.0298. The molecule has 2 aromatic carbocycles. The van der Waals surface area contributed by atoms with Crippen LogP contribution >= 0.6 is 0 Å². The van der Waals surface area contributed by atoms with Gasteiger partial charge < -0.3 is 4.74 Å². The third kappa shape index (κ3) is 5.50. The maximum atomic E-state index is 12.9. The normalized spacial score (nSPS) is 15.9. The summed E-state index contributed by atoms with van der Waals surface area (Å²) in [4.78, 5) is 12.9. The van der Waals surface area contributed by atoms with Gasteiger partial charge in [0.1, 0.15) is 5.75 Å². The second-order valence-corrected chi connectivity index (χ2v) is 10.6. The molecule has 1 fully saturated rings. The smallest absolute Gasteiger partial charge is 0.343 e. The Kier molecular flexibility index (Phi) is 6.22. The van der Waals surface area contributed by atoms with E-state index in [0.29, 0.717) is 17.2 Å². The summed E-state index contributed by atoms with van der Waals surface area (Å²) in [6.45, 7) is 13.0. The molecule has 2 aromatic rings. The lowest BCUT2D eigenvalue weighted by molar-refractivity contribution is 0.0734. The van der Waals surface area contributed by atoms with Crippen molar-refractivity contribution in [3.8, 4) is 5.75 Å². The van der Waals surface area contributed by atoms with Crippen LogP contribution in [0.5, 0.6) is 5.75 Å². The van der Waals surface area contributed by atoms with Crippen LogP contribution in [-0.4, -0.2) is 5.97 Å². The average molecular weight is 393 g/mol. The molecule has 1 aliphatic carbocycles. The topological polar surface area (TPSA) is 26.3 Å². The Morgan fingerprint density at radius 2 is 1.31 bits per heavy atom. The maximum Gasteiger partial charge on any atom is 0.343 e. The molecule has 0 unspecified atom stereocenters. The Balaban J connectivity index is 1.81. The molecule has 1 saturated carbocycles. The molecule has 0 bridgehead atoms. The van der Waals surface area contributed by atoms with Crippen LogP contribution in [0.1, 0.15) is 107 Å². The fraction of sp³-hybridized carbons (Fsp3) is 0.519. The summed E-state index contributed by atoms with van der Waals surface area (Å²) in [7, 11) is 0. The van der Waals surface area contributed by atoms with Crippen LogP contribution in [0.2, 0.25) is 0 Å². The summed E-state index contributed by atoms with van der Waals surface area (Å²) in [6.07, 6.45) is 6.54. The van der Waals surface area contributed by atoms with Gasteiger partial charge in [-0.15, -0.1) is 0 Å². The zero-order chi connectivity index (χ0) is 21.2. The Morgan fingerprint density at radius 1 is 0.793 bits per heavy atom. The van der Waals surface area contributed by atoms with Crippen LogP contribution in [0, 0.1) is 0 Å². The molecule has 156 valence electrons. The molecule has 0 spiro atoms. The van der Waals surface area contributed by atoms with Crippen molar-refractivity contribution in [3.63, 3.8) is 0 Å². The van der Waals surface area contributed by atoms with E-state index in [-0.39, 0.29) is 16.8 Å². The second-order valence-electron chi connectivity index (χ2n) is 10.6. The SMILES string of the molecule is CC(C)(C)c1cc(C(=O)Oc2ccc(C3CCCCC3)cc2)cc(C(C)(C)C)c1. The molecular formula is C27H36O2. The Hall–Kier alpha value is -2.09. The lowest BCUT2D eigenvalue weighted by Gasteiger charge is -2.26. The van der Waals surface area contributed by atoms with Gasteiger partial charge in [0.05, 0.1) is 5.56 Å². The van der Waals surface area contributed by atoms with Crippen LogP contribution in [0.25, 0.3) is 0 Å². The van der Waals surface area contributed by atoms with E-state index in [0.717, 1.165) is 11.1 Å². The monoisotopic (exact) mass is 392 g/mol. The van der Waals surface area contributed by atoms with Crippen molar-refractivity contribution in [1.82, 2.24) is 0 Å². The molecule has 0 heterocycles. The predicted molar refractivity (Wildman–Crippen MR) is 121 cm³/mol. The van der Waals surface area contributed by atoms with Crippen molar-refractivity contribution < 1.29 is 9.53 Å². The highest BCUT2D eigenvalue weighted by atomic mass is 16.5. The molecular weight excluding hydrogens is 356 g/mol. The van der Waals surface area contributed by atoms with Gasteiger partial charge in [-0.3, -0.25) is 0 Å². The number of carbonyl (C=O) groups excluding carboxylic acids is 1. The van der Waals surface area contributed by atoms with Crippen molar-refractivity contribution in [2.24, 2.45) is 0 Å². The van der Waals surface area contributed by atoms with E-state index in [1.807, 2.05) is 24.3 Å². The standard InChI is InChI=1S/C27H36O2/c1-26(2,3)22-16-21(17-23(18-22)27(4,5)6)25(28)29-24-14-12-20(13-15-24)19-10-8-7-9-11-19/h12-19H,7-11H2,1-6H3. The van der Waals surface area contributed by atoms with Gasteiger partial charge in [0.2, 0.25) is 0 Å². The van der Waals surface area contributed by atoms with E-state index in [4.69, 9.17) is 4.74 Å². The highest BCUT2D eigenvalue weighted by molar-refractivity contribution is 5.91. The first-order valence-electron chi connectivity index (χ1n) is 11.0. The molecule has 3 rings (SSSR count). The molecule has 2 nitrogen and oxygen atoms in total. The van der Waals surface area contributed by atoms with Gasteiger partial charge in [-0.1, -0.05) is 79.0 Å². The highest BCUT2D eigenvalue weighted by Crippen LogP contribution is 2.34. The first-order chi connectivity index (χ1) is 13.5. The van der Waals surface area contributed by atoms with Gasteiger partial charge in [-0.25, -0.2) is 4.79 Å². The maximum absolute atomic E-state index is 12.9. The highest BCUT2D eigenvalue weighted by Gasteiger charge is 2.23. The third-order valence-corrected chi connectivity index (χ3v) is 6.07. The zero-order valence-corrected chi connectivity index (χ0v) is 19.0. The van der Waals surface area contributed by atoms with Crippen LogP contribution < -0.4 is 4.74 Å². The van der Waals surface area contributed by atoms with E-state index in [1.165, 1.54) is 37.7 Å². The first kappa shape index (κ1) is 21.6. The van der Waals surface area contributed by atoms with Crippen LogP contribution in [0.3, 0.4) is 0 Å². The fourth-order valence-electron chi connectivity index (χ4n) is 4.02. The van der Waals surface area contributed by atoms with E-state index in [1.54, 1.807) is 0 Å². The summed E-state index contributed by atoms with van der Waals surface area (Å²) >= 11 is 0. The van der Waals surface area contributed by atoms with E-state index in [2.05, 4.69) is 59.7 Å². The van der Waals surface area contributed by atoms with Gasteiger partial charge in [0.25, 0.3) is 0 Å². The second kappa shape index (κ2) is 8.34. The van der Waals surface area contributed by atoms with Crippen LogP contribution in [0.4, 0.5) is 0 Å². The molecule has 0 N–H and O–H groups in total. The van der Waals surface area contributed by atoms with Gasteiger partial charge in [-0.2, -0.15) is 0 Å². The number of benzene rings is 2. The van der Waals surface area contributed by atoms with E-state index < -0.39 is 0 Å². The number of esters is 1. The van der Waals surface area contributed by atoms with Gasteiger partial charge in [0, 0.05) is 0 Å². The van der Waals surface area contributed by atoms with Crippen LogP contribution in [0.15, 0.2) is 42.5 Å². The summed E-state index contributed by atoms with van der Waals surface area (Å²) < 4.78 is 5.74. The largest absolute Gasteiger partial charge is 0.423 e. The Labute approximate surface area is 176 Å². The van der Waals surface area contributed by atoms with Crippen molar-refractivity contribution in [2.45, 2.75) is 90.4 Å². The molecule has 0 amide bonds. The Bertz CT molecular complexity index is 809. The molecule has 0 radical (unpaired) electrons. The number of rotatable bonds is 3. The number of hydrogen-bond acceptors (Lipinski definition) is 2. The minimum atomic E-state index is -0.285.